The van der Waals surface area contributed by atoms with E-state index in [-0.39, 0.29) is 5.21 Å². The minimum atomic E-state index is -4.19. The van der Waals surface area contributed by atoms with Crippen LogP contribution in [0.1, 0.15) is 11.7 Å². The van der Waals surface area contributed by atoms with Gasteiger partial charge in [-0.3, -0.25) is 0 Å². The molecule has 0 saturated carbocycles. The quantitative estimate of drug-likeness (QED) is 0.842. The second kappa shape index (κ2) is 5.57. The van der Waals surface area contributed by atoms with Crippen LogP contribution in [0.4, 0.5) is 0 Å². The molecule has 0 bridgehead atoms. The molecule has 2 aromatic carbocycles. The molecule has 0 aromatic heterocycles. The maximum absolute atomic E-state index is 12.3. The summed E-state index contributed by atoms with van der Waals surface area (Å²) in [4.78, 5) is 0. The molecule has 0 radical (unpaired) electrons. The molecule has 18 heavy (non-hydrogen) atoms. The first kappa shape index (κ1) is 13.2. The molecule has 3 nitrogen and oxygen atoms in total. The standard InChI is InChI=1S/C14H15AsO3/c16-14(12-7-3-1-4-8-12)11-15(17,18)13-9-5-2-6-10-13/h1-10,14,16H,11H2,(H,17,18). The molecule has 0 fully saturated rings. The summed E-state index contributed by atoms with van der Waals surface area (Å²) in [6.07, 6.45) is -0.901. The number of rotatable bonds is 4. The number of benzene rings is 2. The molecule has 2 N–H and O–H groups in total. The predicted octanol–water partition coefficient (Wildman–Crippen LogP) is 1.49. The van der Waals surface area contributed by atoms with Crippen molar-refractivity contribution < 1.29 is 12.9 Å². The van der Waals surface area contributed by atoms with E-state index in [1.54, 1.807) is 54.6 Å². The molecule has 2 unspecified atom stereocenters. The fourth-order valence-corrected chi connectivity index (χ4v) is 4.99. The SMILES string of the molecule is O=[As](O)(CC(O)c1ccccc1)c1ccccc1. The number of hydrogen-bond acceptors (Lipinski definition) is 2. The third kappa shape index (κ3) is 3.14. The van der Waals surface area contributed by atoms with Crippen molar-refractivity contribution in [3.63, 3.8) is 0 Å². The van der Waals surface area contributed by atoms with E-state index in [1.165, 1.54) is 0 Å². The third-order valence-electron chi connectivity index (χ3n) is 2.76. The number of aliphatic hydroxyl groups excluding tert-OH is 1. The van der Waals surface area contributed by atoms with Crippen molar-refractivity contribution in [2.75, 3.05) is 0 Å². The molecule has 0 aliphatic heterocycles. The molecule has 94 valence electrons. The van der Waals surface area contributed by atoms with E-state index in [0.717, 1.165) is 0 Å². The van der Waals surface area contributed by atoms with Crippen LogP contribution in [0.15, 0.2) is 60.7 Å². The first-order valence-electron chi connectivity index (χ1n) is 5.70. The van der Waals surface area contributed by atoms with Crippen molar-refractivity contribution in [2.24, 2.45) is 0 Å². The summed E-state index contributed by atoms with van der Waals surface area (Å²) in [7, 11) is 0. The normalized spacial score (nSPS) is 15.9. The third-order valence-corrected chi connectivity index (χ3v) is 6.85. The molecular weight excluding hydrogens is 291 g/mol. The average molecular weight is 306 g/mol. The van der Waals surface area contributed by atoms with Crippen LogP contribution in [0.2, 0.25) is 5.21 Å². The van der Waals surface area contributed by atoms with Gasteiger partial charge in [-0.15, -0.1) is 0 Å². The molecule has 0 heterocycles. The Hall–Kier alpha value is -1.28. The Morgan fingerprint density at radius 2 is 1.44 bits per heavy atom. The van der Waals surface area contributed by atoms with Gasteiger partial charge < -0.3 is 0 Å². The van der Waals surface area contributed by atoms with E-state index in [9.17, 15) is 12.9 Å². The van der Waals surface area contributed by atoms with Gasteiger partial charge in [0.05, 0.1) is 0 Å². The van der Waals surface area contributed by atoms with E-state index in [1.807, 2.05) is 6.07 Å². The van der Waals surface area contributed by atoms with Crippen LogP contribution in [-0.4, -0.2) is 23.0 Å². The van der Waals surface area contributed by atoms with Crippen LogP contribution in [0.3, 0.4) is 0 Å². The summed E-state index contributed by atoms with van der Waals surface area (Å²) < 4.78 is 22.8. The zero-order chi connectivity index (χ0) is 13.0. The van der Waals surface area contributed by atoms with Crippen molar-refractivity contribution in [2.45, 2.75) is 11.3 Å². The fraction of sp³-hybridized carbons (Fsp3) is 0.143. The van der Waals surface area contributed by atoms with Gasteiger partial charge in [-0.1, -0.05) is 0 Å². The van der Waals surface area contributed by atoms with E-state index >= 15 is 0 Å². The zero-order valence-corrected chi connectivity index (χ0v) is 11.7. The Kier molecular flexibility index (Phi) is 4.07. The topological polar surface area (TPSA) is 57.5 Å². The van der Waals surface area contributed by atoms with Gasteiger partial charge in [-0.2, -0.15) is 0 Å². The summed E-state index contributed by atoms with van der Waals surface area (Å²) in [5, 5.41) is 9.90. The van der Waals surface area contributed by atoms with Gasteiger partial charge in [-0.05, 0) is 0 Å². The Labute approximate surface area is 109 Å². The number of aliphatic hydroxyl groups is 1. The van der Waals surface area contributed by atoms with Crippen LogP contribution in [-0.2, 0) is 3.74 Å². The summed E-state index contributed by atoms with van der Waals surface area (Å²) in [5.41, 5.74) is 0.670. The van der Waals surface area contributed by atoms with Crippen LogP contribution in [0.5, 0.6) is 0 Å². The van der Waals surface area contributed by atoms with Gasteiger partial charge in [0.2, 0.25) is 0 Å². The molecule has 0 saturated heterocycles. The van der Waals surface area contributed by atoms with Crippen molar-refractivity contribution >= 4 is 18.2 Å². The van der Waals surface area contributed by atoms with E-state index < -0.39 is 19.9 Å². The Bertz CT molecular complexity index is 539. The van der Waals surface area contributed by atoms with Crippen molar-refractivity contribution in [1.29, 1.82) is 0 Å². The van der Waals surface area contributed by atoms with Crippen LogP contribution in [0, 0.1) is 0 Å². The van der Waals surface area contributed by atoms with Crippen LogP contribution >= 0.6 is 0 Å². The monoisotopic (exact) mass is 306 g/mol. The van der Waals surface area contributed by atoms with Crippen LogP contribution < -0.4 is 4.35 Å². The zero-order valence-electron chi connectivity index (χ0n) is 9.81. The van der Waals surface area contributed by atoms with Gasteiger partial charge >= 0.3 is 109 Å². The predicted molar refractivity (Wildman–Crippen MR) is 70.9 cm³/mol. The molecule has 0 aliphatic rings. The van der Waals surface area contributed by atoms with Gasteiger partial charge in [0.25, 0.3) is 0 Å². The van der Waals surface area contributed by atoms with Crippen molar-refractivity contribution in [3.8, 4) is 0 Å². The molecule has 2 atom stereocenters. The van der Waals surface area contributed by atoms with E-state index in [4.69, 9.17) is 0 Å². The Morgan fingerprint density at radius 3 is 2.00 bits per heavy atom. The van der Waals surface area contributed by atoms with Crippen molar-refractivity contribution in [3.05, 3.63) is 66.2 Å². The first-order valence-corrected chi connectivity index (χ1v) is 9.57. The Morgan fingerprint density at radius 1 is 0.944 bits per heavy atom. The molecule has 0 amide bonds. The van der Waals surface area contributed by atoms with Gasteiger partial charge in [0, 0.05) is 0 Å². The molecular formula is C14H15AsO3. The summed E-state index contributed by atoms with van der Waals surface area (Å²) in [6, 6.07) is 17.5. The summed E-state index contributed by atoms with van der Waals surface area (Å²) in [6.45, 7) is 0. The van der Waals surface area contributed by atoms with Crippen molar-refractivity contribution in [1.82, 2.24) is 0 Å². The van der Waals surface area contributed by atoms with Gasteiger partial charge in [0.15, 0.2) is 0 Å². The van der Waals surface area contributed by atoms with E-state index in [2.05, 4.69) is 0 Å². The minimum absolute atomic E-state index is 0.105. The molecule has 0 aliphatic carbocycles. The first-order chi connectivity index (χ1) is 8.59. The van der Waals surface area contributed by atoms with E-state index in [0.29, 0.717) is 9.91 Å². The van der Waals surface area contributed by atoms with Crippen LogP contribution in [0.25, 0.3) is 0 Å². The second-order valence-electron chi connectivity index (χ2n) is 4.15. The summed E-state index contributed by atoms with van der Waals surface area (Å²) in [5.74, 6) is 0. The number of hydrogen-bond donors (Lipinski definition) is 2. The van der Waals surface area contributed by atoms with Gasteiger partial charge in [0.1, 0.15) is 0 Å². The molecule has 2 aromatic rings. The summed E-state index contributed by atoms with van der Waals surface area (Å²) >= 11 is -4.19. The molecule has 2 rings (SSSR count). The molecule has 4 heteroatoms. The fourth-order valence-electron chi connectivity index (χ4n) is 1.78. The molecule has 0 spiro atoms. The average Bonchev–Trinajstić information content (AvgIpc) is 2.40. The second-order valence-corrected chi connectivity index (χ2v) is 8.94. The Balaban J connectivity index is 2.17. The van der Waals surface area contributed by atoms with Gasteiger partial charge in [-0.25, -0.2) is 0 Å². The maximum atomic E-state index is 12.3.